The number of nitrogens with one attached hydrogen (secondary N) is 1. The van der Waals surface area contributed by atoms with Crippen molar-refractivity contribution in [3.8, 4) is 0 Å². The van der Waals surface area contributed by atoms with E-state index in [1.54, 1.807) is 36.4 Å². The molecule has 4 rings (SSSR count). The molecule has 12 heteroatoms. The molecule has 0 aliphatic heterocycles. The van der Waals surface area contributed by atoms with Crippen molar-refractivity contribution in [3.63, 3.8) is 0 Å². The maximum atomic E-state index is 13.3. The van der Waals surface area contributed by atoms with E-state index >= 15 is 0 Å². The molecule has 3 aromatic carbocycles. The Morgan fingerprint density at radius 3 is 2.07 bits per heavy atom. The van der Waals surface area contributed by atoms with Gasteiger partial charge in [-0.3, -0.25) is 19.2 Å². The lowest BCUT2D eigenvalue weighted by Crippen LogP contribution is -2.63. The molecule has 6 atom stereocenters. The highest BCUT2D eigenvalue weighted by Crippen LogP contribution is 2.47. The summed E-state index contributed by atoms with van der Waals surface area (Å²) in [7, 11) is 1.01. The summed E-state index contributed by atoms with van der Waals surface area (Å²) in [5.74, 6) is -12.0. The minimum Gasteiger partial charge on any atom is -0.481 e. The van der Waals surface area contributed by atoms with E-state index in [4.69, 9.17) is 27.9 Å². The molecule has 0 spiro atoms. The van der Waals surface area contributed by atoms with Crippen LogP contribution in [-0.4, -0.2) is 59.3 Å². The van der Waals surface area contributed by atoms with Crippen LogP contribution < -0.4 is 5.32 Å². The van der Waals surface area contributed by atoms with Gasteiger partial charge in [0.05, 0.1) is 52.4 Å². The zero-order valence-electron chi connectivity index (χ0n) is 22.5. The van der Waals surface area contributed by atoms with Gasteiger partial charge in [-0.15, -0.1) is 0 Å². The summed E-state index contributed by atoms with van der Waals surface area (Å²) in [5.41, 5.74) is 0.895. The summed E-state index contributed by atoms with van der Waals surface area (Å²) in [6.45, 7) is 1.54. The number of benzene rings is 3. The predicted octanol–water partition coefficient (Wildman–Crippen LogP) is 4.24. The van der Waals surface area contributed by atoms with Gasteiger partial charge in [0.2, 0.25) is 5.91 Å². The number of halogens is 2. The summed E-state index contributed by atoms with van der Waals surface area (Å²) < 4.78 is 10.4. The van der Waals surface area contributed by atoms with Crippen molar-refractivity contribution >= 4 is 63.8 Å². The van der Waals surface area contributed by atoms with Gasteiger partial charge < -0.3 is 25.0 Å². The van der Waals surface area contributed by atoms with Gasteiger partial charge in [0.15, 0.2) is 0 Å². The fourth-order valence-electron chi connectivity index (χ4n) is 5.27. The third kappa shape index (κ3) is 6.34. The van der Waals surface area contributed by atoms with Crippen molar-refractivity contribution in [2.45, 2.75) is 25.5 Å². The number of carboxylic acid groups (broad SMARTS) is 2. The second-order valence-corrected chi connectivity index (χ2v) is 10.9. The first kappa shape index (κ1) is 30.8. The van der Waals surface area contributed by atoms with Gasteiger partial charge in [0.25, 0.3) is 0 Å². The summed E-state index contributed by atoms with van der Waals surface area (Å²) in [5, 5.41) is 24.3. The van der Waals surface area contributed by atoms with E-state index in [1.807, 2.05) is 24.3 Å². The van der Waals surface area contributed by atoms with Crippen molar-refractivity contribution in [2.75, 3.05) is 7.11 Å². The van der Waals surface area contributed by atoms with Crippen LogP contribution in [0.1, 0.15) is 22.8 Å². The number of hydrogen-bond donors (Lipinski definition) is 3. The molecule has 220 valence electrons. The smallest absolute Gasteiger partial charge is 0.338 e. The number of carboxylic acids is 2. The van der Waals surface area contributed by atoms with Gasteiger partial charge in [-0.2, -0.15) is 0 Å². The fourth-order valence-corrected chi connectivity index (χ4v) is 5.59. The highest BCUT2D eigenvalue weighted by molar-refractivity contribution is 6.42. The van der Waals surface area contributed by atoms with Crippen molar-refractivity contribution in [3.05, 3.63) is 81.8 Å². The van der Waals surface area contributed by atoms with Gasteiger partial charge in [-0.05, 0) is 47.5 Å². The number of hydrogen-bond acceptors (Lipinski definition) is 7. The maximum Gasteiger partial charge on any atom is 0.338 e. The lowest BCUT2D eigenvalue weighted by Gasteiger charge is -2.45. The third-order valence-corrected chi connectivity index (χ3v) is 8.23. The Hall–Kier alpha value is -4.15. The highest BCUT2D eigenvalue weighted by atomic mass is 35.5. The van der Waals surface area contributed by atoms with Gasteiger partial charge >= 0.3 is 23.9 Å². The van der Waals surface area contributed by atoms with E-state index in [2.05, 4.69) is 10.1 Å². The maximum absolute atomic E-state index is 13.3. The minimum atomic E-state index is -1.61. The first-order valence-electron chi connectivity index (χ1n) is 12.9. The molecule has 0 heterocycles. The number of fused-ring (bicyclic) bond motifs is 1. The molecule has 1 aliphatic carbocycles. The first-order valence-corrected chi connectivity index (χ1v) is 13.7. The Balaban J connectivity index is 1.59. The van der Waals surface area contributed by atoms with Crippen LogP contribution in [0.2, 0.25) is 10.0 Å². The first-order chi connectivity index (χ1) is 19.9. The lowest BCUT2D eigenvalue weighted by atomic mass is 9.56. The molecule has 1 aliphatic rings. The molecule has 10 nitrogen and oxygen atoms in total. The van der Waals surface area contributed by atoms with Crippen LogP contribution in [0.4, 0.5) is 0 Å². The zero-order chi connectivity index (χ0) is 30.7. The van der Waals surface area contributed by atoms with Crippen LogP contribution in [0.3, 0.4) is 0 Å². The van der Waals surface area contributed by atoms with E-state index in [1.165, 1.54) is 6.92 Å². The number of carbonyl (C=O) groups excluding carboxylic acids is 3. The zero-order valence-corrected chi connectivity index (χ0v) is 24.0. The van der Waals surface area contributed by atoms with Crippen LogP contribution in [0.15, 0.2) is 60.7 Å². The summed E-state index contributed by atoms with van der Waals surface area (Å²) in [6.07, 6.45) is -0.911. The second kappa shape index (κ2) is 12.8. The molecule has 0 bridgehead atoms. The highest BCUT2D eigenvalue weighted by Gasteiger charge is 2.64. The average Bonchev–Trinajstić information content (AvgIpc) is 2.93. The number of amides is 1. The molecule has 1 amide bonds. The number of esters is 2. The van der Waals surface area contributed by atoms with Gasteiger partial charge in [-0.1, -0.05) is 59.6 Å². The molecule has 1 fully saturated rings. The van der Waals surface area contributed by atoms with E-state index < -0.39 is 65.6 Å². The van der Waals surface area contributed by atoms with E-state index in [0.29, 0.717) is 10.6 Å². The molecule has 3 N–H and O–H groups in total. The number of methoxy groups -OCH3 is 1. The largest absolute Gasteiger partial charge is 0.481 e. The number of carbonyl (C=O) groups is 5. The van der Waals surface area contributed by atoms with Gasteiger partial charge in [0.1, 0.15) is 6.10 Å². The molecular weight excluding hydrogens is 589 g/mol. The van der Waals surface area contributed by atoms with Crippen molar-refractivity contribution < 1.29 is 43.7 Å². The fraction of sp³-hybridized carbons (Fsp3) is 0.300. The van der Waals surface area contributed by atoms with Crippen molar-refractivity contribution in [2.24, 2.45) is 23.7 Å². The van der Waals surface area contributed by atoms with Crippen LogP contribution >= 0.6 is 23.2 Å². The average molecular weight is 616 g/mol. The molecule has 0 radical (unpaired) electrons. The number of aliphatic carboxylic acids is 2. The van der Waals surface area contributed by atoms with Crippen molar-refractivity contribution in [1.29, 1.82) is 0 Å². The normalized spacial score (nSPS) is 21.0. The van der Waals surface area contributed by atoms with Crippen LogP contribution in [0.25, 0.3) is 10.8 Å². The van der Waals surface area contributed by atoms with E-state index in [9.17, 15) is 34.2 Å². The van der Waals surface area contributed by atoms with E-state index in [-0.39, 0.29) is 17.0 Å². The number of rotatable bonds is 10. The molecule has 1 saturated carbocycles. The molecule has 0 aromatic heterocycles. The molecule has 3 aromatic rings. The minimum absolute atomic E-state index is 0.0812. The molecule has 0 saturated heterocycles. The lowest BCUT2D eigenvalue weighted by molar-refractivity contribution is -0.188. The molecule has 42 heavy (non-hydrogen) atoms. The van der Waals surface area contributed by atoms with Crippen molar-refractivity contribution in [1.82, 2.24) is 5.32 Å². The summed E-state index contributed by atoms with van der Waals surface area (Å²) >= 11 is 12.2. The van der Waals surface area contributed by atoms with Gasteiger partial charge in [0, 0.05) is 6.42 Å². The Morgan fingerprint density at radius 1 is 0.833 bits per heavy atom. The number of ether oxygens (including phenoxy) is 2. The second-order valence-electron chi connectivity index (χ2n) is 10.1. The van der Waals surface area contributed by atoms with Crippen LogP contribution in [0, 0.1) is 23.7 Å². The monoisotopic (exact) mass is 615 g/mol. The molecular formula is C30H27Cl2NO9. The topological polar surface area (TPSA) is 156 Å². The van der Waals surface area contributed by atoms with Gasteiger partial charge in [-0.25, -0.2) is 4.79 Å². The Morgan fingerprint density at radius 2 is 1.48 bits per heavy atom. The van der Waals surface area contributed by atoms with Crippen LogP contribution in [0.5, 0.6) is 0 Å². The summed E-state index contributed by atoms with van der Waals surface area (Å²) in [4.78, 5) is 62.6. The van der Waals surface area contributed by atoms with E-state index in [0.717, 1.165) is 17.9 Å². The Kier molecular flexibility index (Phi) is 9.38. The Bertz CT molecular complexity index is 1540. The standard InChI is InChI=1S/C30H27Cl2NO9/c1-14(33-26(34)22-23(27(35)36)25(30(40)41-2)24(22)28(37)38)21(12-15-7-10-19(31)20(32)11-15)42-29(39)18-9-8-16-5-3-4-6-17(16)13-18/h3-11,13-14,21-25H,12H2,1-2H3,(H,33,34)(H,35,36)(H,37,38)/t14?,21?,22?,23-,24?,25+/m1/s1. The summed E-state index contributed by atoms with van der Waals surface area (Å²) in [6, 6.07) is 16.4. The Labute approximate surface area is 250 Å². The van der Waals surface area contributed by atoms with Crippen LogP contribution in [-0.2, 0) is 35.1 Å². The quantitative estimate of drug-likeness (QED) is 0.284. The molecule has 4 unspecified atom stereocenters. The SMILES string of the molecule is COC(=O)[C@@H]1C(C(=O)O)C(C(=O)NC(C)C(Cc2ccc(Cl)c(Cl)c2)OC(=O)c2ccc3ccccc3c2)[C@H]1C(=O)O. The predicted molar refractivity (Wildman–Crippen MR) is 152 cm³/mol. The third-order valence-electron chi connectivity index (χ3n) is 7.49.